The van der Waals surface area contributed by atoms with Crippen molar-refractivity contribution in [2.45, 2.75) is 31.3 Å². The molecule has 0 heterocycles. The molecule has 0 aliphatic carbocycles. The van der Waals surface area contributed by atoms with E-state index in [1.54, 1.807) is 11.8 Å². The fourth-order valence-corrected chi connectivity index (χ4v) is 2.92. The minimum absolute atomic E-state index is 0.374. The molecule has 0 spiro atoms. The highest BCUT2D eigenvalue weighted by atomic mass is 35.5. The summed E-state index contributed by atoms with van der Waals surface area (Å²) in [4.78, 5) is 12.7. The van der Waals surface area contributed by atoms with Crippen molar-refractivity contribution in [1.82, 2.24) is 5.32 Å². The number of thioether (sulfide) groups is 1. The Bertz CT molecular complexity index is 667. The van der Waals surface area contributed by atoms with Crippen LogP contribution in [0.15, 0.2) is 41.3 Å². The van der Waals surface area contributed by atoms with Crippen molar-refractivity contribution in [3.63, 3.8) is 0 Å². The molecule has 0 radical (unpaired) electrons. The Balaban J connectivity index is 1.82. The zero-order valence-corrected chi connectivity index (χ0v) is 14.6. The van der Waals surface area contributed by atoms with Crippen LogP contribution in [-0.4, -0.2) is 24.0 Å². The molecule has 3 nitrogen and oxygen atoms in total. The lowest BCUT2D eigenvalue weighted by Gasteiger charge is -2.19. The molecule has 0 fully saturated rings. The zero-order chi connectivity index (χ0) is 16.2. The normalized spacial score (nSPS) is 11.5. The highest BCUT2D eigenvalue weighted by molar-refractivity contribution is 7.99. The minimum Gasteiger partial charge on any atom is -0.444 e. The largest absolute Gasteiger partial charge is 0.444 e. The van der Waals surface area contributed by atoms with Gasteiger partial charge in [-0.05, 0) is 55.8 Å². The van der Waals surface area contributed by atoms with Gasteiger partial charge in [-0.1, -0.05) is 23.7 Å². The number of benzene rings is 2. The highest BCUT2D eigenvalue weighted by Crippen LogP contribution is 2.25. The third-order valence-corrected chi connectivity index (χ3v) is 4.04. The molecule has 0 bridgehead atoms. The van der Waals surface area contributed by atoms with Gasteiger partial charge in [-0.15, -0.1) is 11.8 Å². The average molecular weight is 338 g/mol. The first-order valence-electron chi connectivity index (χ1n) is 7.12. The van der Waals surface area contributed by atoms with Crippen molar-refractivity contribution < 1.29 is 9.53 Å². The molecule has 22 heavy (non-hydrogen) atoms. The Kier molecular flexibility index (Phi) is 5.59. The van der Waals surface area contributed by atoms with E-state index in [9.17, 15) is 4.79 Å². The summed E-state index contributed by atoms with van der Waals surface area (Å²) in [7, 11) is 0. The molecule has 1 amide bonds. The monoisotopic (exact) mass is 337 g/mol. The van der Waals surface area contributed by atoms with E-state index in [2.05, 4.69) is 23.5 Å². The molecule has 1 N–H and O–H groups in total. The summed E-state index contributed by atoms with van der Waals surface area (Å²) in [5, 5.41) is 5.79. The van der Waals surface area contributed by atoms with Crippen LogP contribution in [-0.2, 0) is 4.74 Å². The maximum Gasteiger partial charge on any atom is 0.407 e. The van der Waals surface area contributed by atoms with E-state index in [0.717, 1.165) is 21.5 Å². The van der Waals surface area contributed by atoms with Gasteiger partial charge in [0.25, 0.3) is 0 Å². The minimum atomic E-state index is -0.461. The summed E-state index contributed by atoms with van der Waals surface area (Å²) in [5.74, 6) is 0.790. The van der Waals surface area contributed by atoms with Crippen LogP contribution in [0.5, 0.6) is 0 Å². The third kappa shape index (κ3) is 5.43. The smallest absolute Gasteiger partial charge is 0.407 e. The Morgan fingerprint density at radius 1 is 1.18 bits per heavy atom. The predicted octanol–water partition coefficient (Wildman–Crippen LogP) is 5.11. The lowest BCUT2D eigenvalue weighted by Crippen LogP contribution is -2.33. The Morgan fingerprint density at radius 2 is 1.86 bits per heavy atom. The number of carbonyl (C=O) groups excluding carboxylic acids is 1. The van der Waals surface area contributed by atoms with Crippen LogP contribution in [0, 0.1) is 0 Å². The average Bonchev–Trinajstić information content (AvgIpc) is 2.41. The van der Waals surface area contributed by atoms with Crippen molar-refractivity contribution in [2.24, 2.45) is 0 Å². The van der Waals surface area contributed by atoms with E-state index in [1.165, 1.54) is 4.90 Å². The SMILES string of the molecule is CC(C)(C)OC(=O)NCCSc1ccc2cc(Cl)ccc2c1. The quantitative estimate of drug-likeness (QED) is 0.622. The maximum absolute atomic E-state index is 11.5. The van der Waals surface area contributed by atoms with Crippen LogP contribution < -0.4 is 5.32 Å². The molecular formula is C17H20ClNO2S. The van der Waals surface area contributed by atoms with Crippen molar-refractivity contribution in [2.75, 3.05) is 12.3 Å². The Hall–Kier alpha value is -1.39. The Morgan fingerprint density at radius 3 is 2.59 bits per heavy atom. The van der Waals surface area contributed by atoms with E-state index in [-0.39, 0.29) is 6.09 Å². The second-order valence-corrected chi connectivity index (χ2v) is 7.54. The van der Waals surface area contributed by atoms with Gasteiger partial charge < -0.3 is 10.1 Å². The van der Waals surface area contributed by atoms with E-state index < -0.39 is 5.60 Å². The van der Waals surface area contributed by atoms with E-state index in [1.807, 2.05) is 39.0 Å². The number of fused-ring (bicyclic) bond motifs is 1. The number of rotatable bonds is 4. The summed E-state index contributed by atoms with van der Waals surface area (Å²) in [6.07, 6.45) is -0.374. The van der Waals surface area contributed by atoms with Gasteiger partial charge in [-0.25, -0.2) is 4.79 Å². The van der Waals surface area contributed by atoms with Gasteiger partial charge >= 0.3 is 6.09 Å². The molecule has 0 aliphatic rings. The summed E-state index contributed by atoms with van der Waals surface area (Å²) in [6, 6.07) is 12.1. The number of carbonyl (C=O) groups is 1. The lowest BCUT2D eigenvalue weighted by atomic mass is 10.1. The maximum atomic E-state index is 11.5. The highest BCUT2D eigenvalue weighted by Gasteiger charge is 2.15. The van der Waals surface area contributed by atoms with Crippen LogP contribution in [0.2, 0.25) is 5.02 Å². The molecular weight excluding hydrogens is 318 g/mol. The first-order valence-corrected chi connectivity index (χ1v) is 8.49. The second kappa shape index (κ2) is 7.25. The van der Waals surface area contributed by atoms with Crippen molar-refractivity contribution in [1.29, 1.82) is 0 Å². The molecule has 118 valence electrons. The van der Waals surface area contributed by atoms with Crippen molar-refractivity contribution in [3.8, 4) is 0 Å². The van der Waals surface area contributed by atoms with Crippen LogP contribution in [0.4, 0.5) is 4.79 Å². The van der Waals surface area contributed by atoms with Crippen molar-refractivity contribution in [3.05, 3.63) is 41.4 Å². The summed E-state index contributed by atoms with van der Waals surface area (Å²) >= 11 is 7.68. The van der Waals surface area contributed by atoms with Gasteiger partial charge in [0.2, 0.25) is 0 Å². The molecule has 0 unspecified atom stereocenters. The van der Waals surface area contributed by atoms with Gasteiger partial charge in [0.1, 0.15) is 5.60 Å². The fourth-order valence-electron chi connectivity index (χ4n) is 1.92. The van der Waals surface area contributed by atoms with Crippen LogP contribution >= 0.6 is 23.4 Å². The number of hydrogen-bond acceptors (Lipinski definition) is 3. The summed E-state index contributed by atoms with van der Waals surface area (Å²) in [6.45, 7) is 6.12. The van der Waals surface area contributed by atoms with Gasteiger partial charge in [0.05, 0.1) is 0 Å². The molecule has 0 atom stereocenters. The summed E-state index contributed by atoms with van der Waals surface area (Å²) < 4.78 is 5.19. The number of nitrogens with one attached hydrogen (secondary N) is 1. The summed E-state index contributed by atoms with van der Waals surface area (Å²) in [5.41, 5.74) is -0.461. The zero-order valence-electron chi connectivity index (χ0n) is 13.0. The van der Waals surface area contributed by atoms with Gasteiger partial charge in [0, 0.05) is 22.2 Å². The fraction of sp³-hybridized carbons (Fsp3) is 0.353. The van der Waals surface area contributed by atoms with Gasteiger partial charge in [-0.3, -0.25) is 0 Å². The number of alkyl carbamates (subject to hydrolysis) is 1. The van der Waals surface area contributed by atoms with E-state index >= 15 is 0 Å². The first kappa shape index (κ1) is 17.0. The molecule has 0 aromatic heterocycles. The molecule has 5 heteroatoms. The number of hydrogen-bond donors (Lipinski definition) is 1. The number of amides is 1. The van der Waals surface area contributed by atoms with Gasteiger partial charge in [-0.2, -0.15) is 0 Å². The number of halogens is 1. The number of ether oxygens (including phenoxy) is 1. The van der Waals surface area contributed by atoms with E-state index in [0.29, 0.717) is 6.54 Å². The topological polar surface area (TPSA) is 38.3 Å². The molecule has 0 saturated heterocycles. The van der Waals surface area contributed by atoms with Crippen LogP contribution in [0.1, 0.15) is 20.8 Å². The molecule has 0 saturated carbocycles. The molecule has 0 aliphatic heterocycles. The van der Waals surface area contributed by atoms with Gasteiger partial charge in [0.15, 0.2) is 0 Å². The lowest BCUT2D eigenvalue weighted by molar-refractivity contribution is 0.0531. The van der Waals surface area contributed by atoms with Crippen LogP contribution in [0.25, 0.3) is 10.8 Å². The third-order valence-electron chi connectivity index (χ3n) is 2.81. The Labute approximate surface area is 140 Å². The first-order chi connectivity index (χ1) is 10.3. The van der Waals surface area contributed by atoms with Crippen LogP contribution in [0.3, 0.4) is 0 Å². The van der Waals surface area contributed by atoms with Crippen molar-refractivity contribution >= 4 is 40.2 Å². The molecule has 2 aromatic carbocycles. The van der Waals surface area contributed by atoms with E-state index in [4.69, 9.17) is 16.3 Å². The second-order valence-electron chi connectivity index (χ2n) is 5.93. The predicted molar refractivity (Wildman–Crippen MR) is 93.9 cm³/mol. The molecule has 2 rings (SSSR count). The standard InChI is InChI=1S/C17H20ClNO2S/c1-17(2,3)21-16(20)19-8-9-22-15-7-5-12-10-14(18)6-4-13(12)11-15/h4-7,10-11H,8-9H2,1-3H3,(H,19,20). The molecule has 2 aromatic rings.